The lowest BCUT2D eigenvalue weighted by atomic mass is 9.97. The first kappa shape index (κ1) is 15.2. The van der Waals surface area contributed by atoms with Crippen LogP contribution in [-0.4, -0.2) is 38.8 Å². The first-order valence-electron chi connectivity index (χ1n) is 8.65. The quantitative estimate of drug-likeness (QED) is 0.870. The van der Waals surface area contributed by atoms with Gasteiger partial charge in [-0.15, -0.1) is 0 Å². The zero-order valence-electron chi connectivity index (χ0n) is 14.1. The molecule has 4 rings (SSSR count). The smallest absolute Gasteiger partial charge is 0.228 e. The van der Waals surface area contributed by atoms with Gasteiger partial charge >= 0.3 is 0 Å². The van der Waals surface area contributed by atoms with Gasteiger partial charge in [-0.3, -0.25) is 9.78 Å². The zero-order chi connectivity index (χ0) is 16.7. The number of hydrogen-bond acceptors (Lipinski definition) is 4. The molecule has 1 fully saturated rings. The van der Waals surface area contributed by atoms with E-state index >= 15 is 0 Å². The third kappa shape index (κ3) is 2.68. The van der Waals surface area contributed by atoms with Gasteiger partial charge < -0.3 is 4.90 Å². The second-order valence-corrected chi connectivity index (χ2v) is 7.15. The summed E-state index contributed by atoms with van der Waals surface area (Å²) in [6.07, 6.45) is 5.09. The fraction of sp³-hybridized carbons (Fsp3) is 0.474. The molecule has 5 nitrogen and oxygen atoms in total. The molecule has 0 bridgehead atoms. The summed E-state index contributed by atoms with van der Waals surface area (Å²) < 4.78 is 0. The van der Waals surface area contributed by atoms with Crippen molar-refractivity contribution in [1.29, 1.82) is 0 Å². The van der Waals surface area contributed by atoms with Gasteiger partial charge in [0.25, 0.3) is 0 Å². The van der Waals surface area contributed by atoms with E-state index in [4.69, 9.17) is 4.98 Å². The number of likely N-dealkylation sites (tertiary alicyclic amines) is 1. The van der Waals surface area contributed by atoms with E-state index < -0.39 is 0 Å². The minimum Gasteiger partial charge on any atom is -0.341 e. The van der Waals surface area contributed by atoms with Gasteiger partial charge in [0.2, 0.25) is 5.91 Å². The topological polar surface area (TPSA) is 59.0 Å². The van der Waals surface area contributed by atoms with Crippen LogP contribution in [0, 0.1) is 5.92 Å². The maximum atomic E-state index is 12.6. The van der Waals surface area contributed by atoms with Crippen molar-refractivity contribution >= 4 is 5.91 Å². The average Bonchev–Trinajstić information content (AvgIpc) is 3.12. The predicted octanol–water partition coefficient (Wildman–Crippen LogP) is 2.34. The Morgan fingerprint density at radius 1 is 1.29 bits per heavy atom. The second kappa shape index (κ2) is 5.96. The van der Waals surface area contributed by atoms with E-state index in [9.17, 15) is 4.79 Å². The maximum Gasteiger partial charge on any atom is 0.228 e. The van der Waals surface area contributed by atoms with Crippen LogP contribution in [0.2, 0.25) is 0 Å². The first-order valence-corrected chi connectivity index (χ1v) is 8.65. The molecule has 24 heavy (non-hydrogen) atoms. The highest BCUT2D eigenvalue weighted by Gasteiger charge is 2.42. The van der Waals surface area contributed by atoms with Crippen molar-refractivity contribution in [1.82, 2.24) is 19.9 Å². The van der Waals surface area contributed by atoms with Crippen LogP contribution in [-0.2, 0) is 17.6 Å². The number of pyridine rings is 1. The zero-order valence-corrected chi connectivity index (χ0v) is 14.1. The van der Waals surface area contributed by atoms with Crippen LogP contribution >= 0.6 is 0 Å². The normalized spacial score (nSPS) is 21.9. The Morgan fingerprint density at radius 3 is 2.92 bits per heavy atom. The van der Waals surface area contributed by atoms with Crippen LogP contribution in [0.4, 0.5) is 0 Å². The highest BCUT2D eigenvalue weighted by atomic mass is 16.2. The Bertz CT molecular complexity index is 759. The van der Waals surface area contributed by atoms with E-state index in [0.717, 1.165) is 31.0 Å². The largest absolute Gasteiger partial charge is 0.341 e. The number of hydrogen-bond donors (Lipinski definition) is 0. The van der Waals surface area contributed by atoms with E-state index in [1.54, 1.807) is 6.20 Å². The van der Waals surface area contributed by atoms with E-state index in [-0.39, 0.29) is 5.91 Å². The first-order chi connectivity index (χ1) is 11.6. The highest BCUT2D eigenvalue weighted by Crippen LogP contribution is 2.42. The summed E-state index contributed by atoms with van der Waals surface area (Å²) in [5, 5.41) is 0. The molecule has 2 aromatic heterocycles. The van der Waals surface area contributed by atoms with Crippen LogP contribution in [0.25, 0.3) is 0 Å². The SMILES string of the molecule is CC(C)c1ncc2c(n1)C[C@@H]1CN(C(=O)Cc3ccccn3)C[C@H]21. The molecule has 5 heteroatoms. The summed E-state index contributed by atoms with van der Waals surface area (Å²) in [5.41, 5.74) is 3.28. The van der Waals surface area contributed by atoms with Crippen molar-refractivity contribution in [3.63, 3.8) is 0 Å². The van der Waals surface area contributed by atoms with Crippen LogP contribution < -0.4 is 0 Å². The number of carbonyl (C=O) groups excluding carboxylic acids is 1. The van der Waals surface area contributed by atoms with Gasteiger partial charge in [-0.05, 0) is 30.0 Å². The highest BCUT2D eigenvalue weighted by molar-refractivity contribution is 5.79. The second-order valence-electron chi connectivity index (χ2n) is 7.15. The Kier molecular flexibility index (Phi) is 3.79. The molecule has 0 saturated carbocycles. The molecule has 0 spiro atoms. The minimum absolute atomic E-state index is 0.171. The summed E-state index contributed by atoms with van der Waals surface area (Å²) >= 11 is 0. The van der Waals surface area contributed by atoms with Crippen LogP contribution in [0.3, 0.4) is 0 Å². The lowest BCUT2D eigenvalue weighted by Gasteiger charge is -2.17. The molecule has 2 aliphatic rings. The summed E-state index contributed by atoms with van der Waals surface area (Å²) in [7, 11) is 0. The van der Waals surface area contributed by atoms with Crippen molar-refractivity contribution < 1.29 is 4.79 Å². The number of nitrogens with zero attached hydrogens (tertiary/aromatic N) is 4. The molecule has 0 N–H and O–H groups in total. The number of amides is 1. The molecule has 2 aromatic rings. The van der Waals surface area contributed by atoms with Crippen molar-refractivity contribution in [3.8, 4) is 0 Å². The van der Waals surface area contributed by atoms with Gasteiger partial charge in [0.15, 0.2) is 0 Å². The lowest BCUT2D eigenvalue weighted by molar-refractivity contribution is -0.129. The average molecular weight is 322 g/mol. The van der Waals surface area contributed by atoms with Crippen LogP contribution in [0.5, 0.6) is 0 Å². The molecule has 1 aliphatic carbocycles. The molecule has 0 radical (unpaired) electrons. The van der Waals surface area contributed by atoms with Gasteiger partial charge in [-0.2, -0.15) is 0 Å². The van der Waals surface area contributed by atoms with E-state index in [1.807, 2.05) is 29.3 Å². The van der Waals surface area contributed by atoms with Gasteiger partial charge in [-0.1, -0.05) is 19.9 Å². The van der Waals surface area contributed by atoms with Gasteiger partial charge in [0.05, 0.1) is 6.42 Å². The van der Waals surface area contributed by atoms with E-state index in [2.05, 4.69) is 23.8 Å². The Hall–Kier alpha value is -2.30. The van der Waals surface area contributed by atoms with Crippen LogP contribution in [0.1, 0.15) is 48.5 Å². The van der Waals surface area contributed by atoms with Crippen molar-refractivity contribution in [2.45, 2.75) is 38.5 Å². The molecular weight excluding hydrogens is 300 g/mol. The molecule has 3 heterocycles. The molecule has 1 amide bonds. The molecule has 2 atom stereocenters. The third-order valence-electron chi connectivity index (χ3n) is 5.14. The predicted molar refractivity (Wildman–Crippen MR) is 90.6 cm³/mol. The molecule has 0 aromatic carbocycles. The summed E-state index contributed by atoms with van der Waals surface area (Å²) in [6.45, 7) is 5.85. The number of aromatic nitrogens is 3. The fourth-order valence-electron chi connectivity index (χ4n) is 3.85. The lowest BCUT2D eigenvalue weighted by Crippen LogP contribution is -2.31. The van der Waals surface area contributed by atoms with Gasteiger partial charge in [0.1, 0.15) is 5.82 Å². The third-order valence-corrected chi connectivity index (χ3v) is 5.14. The van der Waals surface area contributed by atoms with Gasteiger partial charge in [0, 0.05) is 48.7 Å². The van der Waals surface area contributed by atoms with Crippen LogP contribution in [0.15, 0.2) is 30.6 Å². The van der Waals surface area contributed by atoms with E-state index in [1.165, 1.54) is 11.3 Å². The molecular formula is C19H22N4O. The van der Waals surface area contributed by atoms with Crippen molar-refractivity contribution in [2.75, 3.05) is 13.1 Å². The Labute approximate surface area is 142 Å². The Balaban J connectivity index is 1.47. The maximum absolute atomic E-state index is 12.6. The van der Waals surface area contributed by atoms with E-state index in [0.29, 0.717) is 24.2 Å². The Morgan fingerprint density at radius 2 is 2.17 bits per heavy atom. The molecule has 1 saturated heterocycles. The fourth-order valence-corrected chi connectivity index (χ4v) is 3.85. The number of carbonyl (C=O) groups is 1. The van der Waals surface area contributed by atoms with Gasteiger partial charge in [-0.25, -0.2) is 9.97 Å². The number of rotatable bonds is 3. The monoisotopic (exact) mass is 322 g/mol. The minimum atomic E-state index is 0.171. The summed E-state index contributed by atoms with van der Waals surface area (Å²) in [6, 6.07) is 5.70. The molecule has 0 unspecified atom stereocenters. The standard InChI is InChI=1S/C19H22N4O/c1-12(2)19-21-9-15-16-11-23(10-13(16)7-17(15)22-19)18(24)8-14-5-3-4-6-20-14/h3-6,9,12-13,16H,7-8,10-11H2,1-2H3/t13-,16+/m1/s1. The summed E-state index contributed by atoms with van der Waals surface area (Å²) in [5.74, 6) is 2.34. The number of fused-ring (bicyclic) bond motifs is 3. The molecule has 1 aliphatic heterocycles. The van der Waals surface area contributed by atoms with Crippen molar-refractivity contribution in [3.05, 3.63) is 53.4 Å². The van der Waals surface area contributed by atoms with Crippen molar-refractivity contribution in [2.24, 2.45) is 5.92 Å². The summed E-state index contributed by atoms with van der Waals surface area (Å²) in [4.78, 5) is 28.1. The molecule has 124 valence electrons.